The van der Waals surface area contributed by atoms with Gasteiger partial charge in [-0.3, -0.25) is 0 Å². The number of nitrogen functional groups attached to an aromatic ring is 2. The summed E-state index contributed by atoms with van der Waals surface area (Å²) in [5.41, 5.74) is 24.1. The second-order valence-corrected chi connectivity index (χ2v) is 9.58. The fourth-order valence-electron chi connectivity index (χ4n) is 4.47. The Morgan fingerprint density at radius 2 is 0.765 bits per heavy atom. The van der Waals surface area contributed by atoms with Crippen LogP contribution in [-0.4, -0.2) is 0 Å². The standard InChI is InChI=1S/C32H36N2/c1-23-19-29(15-17-31(23)33)21-27-11-7-25(8-12-27)5-3-4-6-26-9-13-28(14-10-26)22-30-16-18-32(34)24(2)20-30/h7-20H,3-6,21-22,33-34H2,1-2H3. The first kappa shape index (κ1) is 23.6. The summed E-state index contributed by atoms with van der Waals surface area (Å²) in [4.78, 5) is 0. The van der Waals surface area contributed by atoms with E-state index in [1.54, 1.807) is 0 Å². The number of hydrogen-bond acceptors (Lipinski definition) is 2. The smallest absolute Gasteiger partial charge is 0.0343 e. The highest BCUT2D eigenvalue weighted by atomic mass is 14.6. The molecule has 0 aliphatic carbocycles. The van der Waals surface area contributed by atoms with Gasteiger partial charge in [0, 0.05) is 11.4 Å². The van der Waals surface area contributed by atoms with Gasteiger partial charge in [0.05, 0.1) is 0 Å². The molecule has 0 radical (unpaired) electrons. The first-order valence-corrected chi connectivity index (χ1v) is 12.3. The van der Waals surface area contributed by atoms with Gasteiger partial charge in [0.15, 0.2) is 0 Å². The topological polar surface area (TPSA) is 52.0 Å². The van der Waals surface area contributed by atoms with Crippen molar-refractivity contribution < 1.29 is 0 Å². The Hall–Kier alpha value is -3.52. The summed E-state index contributed by atoms with van der Waals surface area (Å²) in [7, 11) is 0. The highest BCUT2D eigenvalue weighted by molar-refractivity contribution is 5.49. The molecule has 4 N–H and O–H groups in total. The molecule has 0 heterocycles. The lowest BCUT2D eigenvalue weighted by atomic mass is 9.98. The van der Waals surface area contributed by atoms with Crippen molar-refractivity contribution in [3.8, 4) is 0 Å². The molecule has 4 aromatic rings. The summed E-state index contributed by atoms with van der Waals surface area (Å²) in [6, 6.07) is 30.9. The van der Waals surface area contributed by atoms with Crippen LogP contribution >= 0.6 is 0 Å². The Morgan fingerprint density at radius 1 is 0.441 bits per heavy atom. The highest BCUT2D eigenvalue weighted by Gasteiger charge is 2.02. The van der Waals surface area contributed by atoms with E-state index in [9.17, 15) is 0 Å². The van der Waals surface area contributed by atoms with E-state index in [0.29, 0.717) is 0 Å². The number of benzene rings is 4. The van der Waals surface area contributed by atoms with Crippen LogP contribution in [0.4, 0.5) is 11.4 Å². The van der Waals surface area contributed by atoms with E-state index in [-0.39, 0.29) is 0 Å². The van der Waals surface area contributed by atoms with Gasteiger partial charge in [-0.2, -0.15) is 0 Å². The van der Waals surface area contributed by atoms with Gasteiger partial charge >= 0.3 is 0 Å². The van der Waals surface area contributed by atoms with E-state index < -0.39 is 0 Å². The maximum atomic E-state index is 5.94. The number of rotatable bonds is 9. The van der Waals surface area contributed by atoms with E-state index in [0.717, 1.165) is 48.2 Å². The quantitative estimate of drug-likeness (QED) is 0.210. The highest BCUT2D eigenvalue weighted by Crippen LogP contribution is 2.19. The van der Waals surface area contributed by atoms with Crippen molar-refractivity contribution in [1.82, 2.24) is 0 Å². The minimum absolute atomic E-state index is 0.864. The lowest BCUT2D eigenvalue weighted by Gasteiger charge is -2.08. The van der Waals surface area contributed by atoms with Crippen LogP contribution in [-0.2, 0) is 25.7 Å². The molecule has 174 valence electrons. The second-order valence-electron chi connectivity index (χ2n) is 9.58. The predicted molar refractivity (Wildman–Crippen MR) is 146 cm³/mol. The van der Waals surface area contributed by atoms with Crippen LogP contribution in [0.5, 0.6) is 0 Å². The predicted octanol–water partition coefficient (Wildman–Crippen LogP) is 7.21. The Labute approximate surface area is 204 Å². The average molecular weight is 449 g/mol. The first-order valence-electron chi connectivity index (χ1n) is 12.3. The van der Waals surface area contributed by atoms with E-state index in [1.165, 1.54) is 46.2 Å². The third-order valence-corrected chi connectivity index (χ3v) is 6.71. The maximum Gasteiger partial charge on any atom is 0.0343 e. The van der Waals surface area contributed by atoms with Gasteiger partial charge in [-0.25, -0.2) is 0 Å². The van der Waals surface area contributed by atoms with Crippen LogP contribution < -0.4 is 11.5 Å². The van der Waals surface area contributed by atoms with Gasteiger partial charge in [-0.05, 0) is 109 Å². The fraction of sp³-hybridized carbons (Fsp3) is 0.250. The molecule has 0 bridgehead atoms. The van der Waals surface area contributed by atoms with Crippen LogP contribution in [0.15, 0.2) is 84.9 Å². The first-order chi connectivity index (χ1) is 16.5. The molecule has 2 heteroatoms. The lowest BCUT2D eigenvalue weighted by molar-refractivity contribution is 0.734. The van der Waals surface area contributed by atoms with Crippen molar-refractivity contribution in [3.05, 3.63) is 129 Å². The van der Waals surface area contributed by atoms with Crippen molar-refractivity contribution in [2.75, 3.05) is 11.5 Å². The number of hydrogen-bond donors (Lipinski definition) is 2. The average Bonchev–Trinajstić information content (AvgIpc) is 2.84. The van der Waals surface area contributed by atoms with Gasteiger partial charge in [0.2, 0.25) is 0 Å². The lowest BCUT2D eigenvalue weighted by Crippen LogP contribution is -1.95. The SMILES string of the molecule is Cc1cc(Cc2ccc(CCCCc3ccc(Cc4ccc(N)c(C)c4)cc3)cc2)ccc1N. The summed E-state index contributed by atoms with van der Waals surface area (Å²) in [6.07, 6.45) is 6.60. The molecule has 4 aromatic carbocycles. The molecule has 0 aromatic heterocycles. The molecule has 0 saturated carbocycles. The van der Waals surface area contributed by atoms with Crippen LogP contribution in [0.3, 0.4) is 0 Å². The molecule has 4 rings (SSSR count). The molecular formula is C32H36N2. The maximum absolute atomic E-state index is 5.94. The molecular weight excluding hydrogens is 412 g/mol. The summed E-state index contributed by atoms with van der Waals surface area (Å²) in [6.45, 7) is 4.14. The van der Waals surface area contributed by atoms with Crippen molar-refractivity contribution in [2.45, 2.75) is 52.4 Å². The van der Waals surface area contributed by atoms with Gasteiger partial charge in [0.25, 0.3) is 0 Å². The van der Waals surface area contributed by atoms with Gasteiger partial charge < -0.3 is 11.5 Å². The Kier molecular flexibility index (Phi) is 7.69. The van der Waals surface area contributed by atoms with Crippen molar-refractivity contribution >= 4 is 11.4 Å². The molecule has 0 aliphatic rings. The van der Waals surface area contributed by atoms with Gasteiger partial charge in [0.1, 0.15) is 0 Å². The van der Waals surface area contributed by atoms with Crippen LogP contribution in [0.1, 0.15) is 57.3 Å². The van der Waals surface area contributed by atoms with Crippen molar-refractivity contribution in [1.29, 1.82) is 0 Å². The summed E-state index contributed by atoms with van der Waals surface area (Å²) >= 11 is 0. The van der Waals surface area contributed by atoms with Crippen LogP contribution in [0, 0.1) is 13.8 Å². The molecule has 2 nitrogen and oxygen atoms in total. The fourth-order valence-corrected chi connectivity index (χ4v) is 4.47. The molecule has 0 amide bonds. The minimum atomic E-state index is 0.864. The molecule has 0 unspecified atom stereocenters. The molecule has 0 saturated heterocycles. The van der Waals surface area contributed by atoms with E-state index in [1.807, 2.05) is 12.1 Å². The number of unbranched alkanes of at least 4 members (excludes halogenated alkanes) is 1. The Bertz CT molecular complexity index is 1120. The van der Waals surface area contributed by atoms with Gasteiger partial charge in [-0.15, -0.1) is 0 Å². The molecule has 0 spiro atoms. The van der Waals surface area contributed by atoms with Gasteiger partial charge in [-0.1, -0.05) is 72.8 Å². The van der Waals surface area contributed by atoms with Crippen LogP contribution in [0.25, 0.3) is 0 Å². The summed E-state index contributed by atoms with van der Waals surface area (Å²) in [5, 5.41) is 0. The minimum Gasteiger partial charge on any atom is -0.399 e. The molecule has 34 heavy (non-hydrogen) atoms. The third-order valence-electron chi connectivity index (χ3n) is 6.71. The normalized spacial score (nSPS) is 11.0. The Morgan fingerprint density at radius 3 is 1.12 bits per heavy atom. The Balaban J connectivity index is 1.21. The largest absolute Gasteiger partial charge is 0.399 e. The van der Waals surface area contributed by atoms with E-state index >= 15 is 0 Å². The van der Waals surface area contributed by atoms with E-state index in [4.69, 9.17) is 11.5 Å². The third kappa shape index (κ3) is 6.51. The number of nitrogens with two attached hydrogens (primary N) is 2. The zero-order chi connectivity index (χ0) is 23.9. The number of aryl methyl sites for hydroxylation is 4. The van der Waals surface area contributed by atoms with Crippen LogP contribution in [0.2, 0.25) is 0 Å². The summed E-state index contributed by atoms with van der Waals surface area (Å²) < 4.78 is 0. The monoisotopic (exact) mass is 448 g/mol. The summed E-state index contributed by atoms with van der Waals surface area (Å²) in [5.74, 6) is 0. The zero-order valence-corrected chi connectivity index (χ0v) is 20.5. The number of anilines is 2. The molecule has 0 aliphatic heterocycles. The molecule has 0 fully saturated rings. The molecule has 0 atom stereocenters. The van der Waals surface area contributed by atoms with Crippen molar-refractivity contribution in [2.24, 2.45) is 0 Å². The second kappa shape index (κ2) is 11.1. The zero-order valence-electron chi connectivity index (χ0n) is 20.5. The van der Waals surface area contributed by atoms with E-state index in [2.05, 4.69) is 86.6 Å². The van der Waals surface area contributed by atoms with Crippen molar-refractivity contribution in [3.63, 3.8) is 0 Å².